The summed E-state index contributed by atoms with van der Waals surface area (Å²) in [6.45, 7) is 6.72. The van der Waals surface area contributed by atoms with Crippen LogP contribution < -0.4 is 0 Å². The molecular weight excluding hydrogens is 212 g/mol. The maximum atomic E-state index is 11.3. The molecule has 0 saturated carbocycles. The molecule has 2 nitrogen and oxygen atoms in total. The molecule has 0 spiro atoms. The minimum atomic E-state index is -0.0666. The maximum Gasteiger partial charge on any atom is 0.306 e. The van der Waals surface area contributed by atoms with Gasteiger partial charge in [-0.1, -0.05) is 44.8 Å². The molecule has 0 saturated heterocycles. The second-order valence-corrected chi connectivity index (χ2v) is 4.39. The average molecular weight is 240 g/mol. The molecule has 0 aliphatic carbocycles. The van der Waals surface area contributed by atoms with Crippen LogP contribution >= 0.6 is 0 Å². The normalized spacial score (nSPS) is 11.6. The zero-order valence-corrected chi connectivity index (χ0v) is 11.8. The van der Waals surface area contributed by atoms with Gasteiger partial charge in [-0.05, 0) is 32.6 Å². The smallest absolute Gasteiger partial charge is 0.306 e. The molecule has 0 aliphatic rings. The van der Waals surface area contributed by atoms with Crippen LogP contribution in [0.1, 0.15) is 72.1 Å². The first-order valence-electron chi connectivity index (χ1n) is 7.08. The van der Waals surface area contributed by atoms with E-state index in [-0.39, 0.29) is 5.97 Å². The number of ether oxygens (including phenoxy) is 1. The van der Waals surface area contributed by atoms with Gasteiger partial charge in [0.05, 0.1) is 6.61 Å². The lowest BCUT2D eigenvalue weighted by Crippen LogP contribution is -2.04. The van der Waals surface area contributed by atoms with Crippen LogP contribution in [0.25, 0.3) is 0 Å². The lowest BCUT2D eigenvalue weighted by molar-refractivity contribution is -0.143. The summed E-state index contributed by atoms with van der Waals surface area (Å²) in [5, 5.41) is 0. The summed E-state index contributed by atoms with van der Waals surface area (Å²) in [7, 11) is 0. The molecule has 0 amide bonds. The minimum Gasteiger partial charge on any atom is -0.466 e. The molecule has 0 N–H and O–H groups in total. The third kappa shape index (κ3) is 10.1. The van der Waals surface area contributed by atoms with Crippen molar-refractivity contribution < 1.29 is 9.53 Å². The monoisotopic (exact) mass is 240 g/mol. The second kappa shape index (κ2) is 11.7. The Balaban J connectivity index is 3.82. The molecule has 0 aromatic carbocycles. The van der Waals surface area contributed by atoms with E-state index >= 15 is 0 Å². The molecule has 0 fully saturated rings. The first kappa shape index (κ1) is 16.2. The van der Waals surface area contributed by atoms with Crippen LogP contribution in [0.3, 0.4) is 0 Å². The van der Waals surface area contributed by atoms with Crippen LogP contribution in [0.4, 0.5) is 0 Å². The lowest BCUT2D eigenvalue weighted by Gasteiger charge is -2.07. The molecule has 0 rings (SSSR count). The number of carbonyl (C=O) groups is 1. The van der Waals surface area contributed by atoms with Gasteiger partial charge in [-0.25, -0.2) is 0 Å². The van der Waals surface area contributed by atoms with Gasteiger partial charge in [-0.3, -0.25) is 4.79 Å². The van der Waals surface area contributed by atoms with E-state index in [1.54, 1.807) is 0 Å². The predicted octanol–water partition coefficient (Wildman–Crippen LogP) is 4.64. The molecule has 0 bridgehead atoms. The zero-order valence-electron chi connectivity index (χ0n) is 11.8. The van der Waals surface area contributed by atoms with Crippen LogP contribution in [0.5, 0.6) is 0 Å². The van der Waals surface area contributed by atoms with Crippen molar-refractivity contribution in [2.75, 3.05) is 6.61 Å². The lowest BCUT2D eigenvalue weighted by atomic mass is 10.0. The highest BCUT2D eigenvalue weighted by Crippen LogP contribution is 2.16. The Morgan fingerprint density at radius 3 is 2.35 bits per heavy atom. The summed E-state index contributed by atoms with van der Waals surface area (Å²) in [6.07, 6.45) is 11.0. The Hall–Kier alpha value is -0.790. The van der Waals surface area contributed by atoms with E-state index in [0.717, 1.165) is 19.3 Å². The first-order valence-corrected chi connectivity index (χ1v) is 7.08. The quantitative estimate of drug-likeness (QED) is 0.316. The van der Waals surface area contributed by atoms with E-state index in [1.807, 2.05) is 6.92 Å². The molecule has 2 heteroatoms. The van der Waals surface area contributed by atoms with Gasteiger partial charge in [0.25, 0.3) is 0 Å². The van der Waals surface area contributed by atoms with Crippen molar-refractivity contribution in [3.63, 3.8) is 0 Å². The van der Waals surface area contributed by atoms with E-state index < -0.39 is 0 Å². The Bertz CT molecular complexity index is 219. The molecule has 0 unspecified atom stereocenters. The fraction of sp³-hybridized carbons (Fsp3) is 0.800. The number of allylic oxidation sites excluding steroid dienone is 2. The SMILES string of the molecule is CC/C=C(/CCCCCC)CCC(=O)OCC. The van der Waals surface area contributed by atoms with Crippen molar-refractivity contribution in [1.29, 1.82) is 0 Å². The Morgan fingerprint density at radius 2 is 1.76 bits per heavy atom. The van der Waals surface area contributed by atoms with Crippen molar-refractivity contribution in [3.05, 3.63) is 11.6 Å². The highest BCUT2D eigenvalue weighted by atomic mass is 16.5. The van der Waals surface area contributed by atoms with Crippen LogP contribution in [-0.4, -0.2) is 12.6 Å². The summed E-state index contributed by atoms with van der Waals surface area (Å²) in [6, 6.07) is 0. The van der Waals surface area contributed by atoms with Crippen molar-refractivity contribution in [3.8, 4) is 0 Å². The molecule has 0 aromatic heterocycles. The van der Waals surface area contributed by atoms with E-state index in [4.69, 9.17) is 4.74 Å². The maximum absolute atomic E-state index is 11.3. The van der Waals surface area contributed by atoms with Gasteiger partial charge in [0.15, 0.2) is 0 Å². The third-order valence-corrected chi connectivity index (χ3v) is 2.80. The summed E-state index contributed by atoms with van der Waals surface area (Å²) in [5.74, 6) is -0.0666. The number of carbonyl (C=O) groups excluding carboxylic acids is 1. The first-order chi connectivity index (χ1) is 8.24. The highest BCUT2D eigenvalue weighted by Gasteiger charge is 2.04. The second-order valence-electron chi connectivity index (χ2n) is 4.39. The van der Waals surface area contributed by atoms with Crippen LogP contribution in [0.2, 0.25) is 0 Å². The largest absolute Gasteiger partial charge is 0.466 e. The van der Waals surface area contributed by atoms with Gasteiger partial charge in [-0.2, -0.15) is 0 Å². The van der Waals surface area contributed by atoms with E-state index in [0.29, 0.717) is 13.0 Å². The molecule has 0 radical (unpaired) electrons. The zero-order chi connectivity index (χ0) is 12.9. The van der Waals surface area contributed by atoms with E-state index in [1.165, 1.54) is 31.3 Å². The van der Waals surface area contributed by atoms with Gasteiger partial charge in [0.1, 0.15) is 0 Å². The Kier molecular flexibility index (Phi) is 11.1. The number of hydrogen-bond acceptors (Lipinski definition) is 2. The molecule has 0 heterocycles. The van der Waals surface area contributed by atoms with Crippen molar-refractivity contribution >= 4 is 5.97 Å². The van der Waals surface area contributed by atoms with Gasteiger partial charge < -0.3 is 4.74 Å². The number of esters is 1. The van der Waals surface area contributed by atoms with Crippen molar-refractivity contribution in [1.82, 2.24) is 0 Å². The van der Waals surface area contributed by atoms with Gasteiger partial charge in [-0.15, -0.1) is 0 Å². The van der Waals surface area contributed by atoms with Crippen LogP contribution in [0, 0.1) is 0 Å². The van der Waals surface area contributed by atoms with E-state index in [9.17, 15) is 4.79 Å². The highest BCUT2D eigenvalue weighted by molar-refractivity contribution is 5.69. The molecule has 0 aromatic rings. The molecule has 100 valence electrons. The fourth-order valence-electron chi connectivity index (χ4n) is 1.89. The van der Waals surface area contributed by atoms with Crippen molar-refractivity contribution in [2.24, 2.45) is 0 Å². The van der Waals surface area contributed by atoms with E-state index in [2.05, 4.69) is 19.9 Å². The molecule has 17 heavy (non-hydrogen) atoms. The average Bonchev–Trinajstić information content (AvgIpc) is 2.32. The number of hydrogen-bond donors (Lipinski definition) is 0. The summed E-state index contributed by atoms with van der Waals surface area (Å²) in [5.41, 5.74) is 1.43. The molecular formula is C15H28O2. The standard InChI is InChI=1S/C15H28O2/c1-4-7-8-9-11-14(10-5-2)12-13-15(16)17-6-3/h10H,4-9,11-13H2,1-3H3/b14-10-. The van der Waals surface area contributed by atoms with Gasteiger partial charge in [0.2, 0.25) is 0 Å². The summed E-state index contributed by atoms with van der Waals surface area (Å²) < 4.78 is 4.95. The number of rotatable bonds is 10. The summed E-state index contributed by atoms with van der Waals surface area (Å²) in [4.78, 5) is 11.3. The summed E-state index contributed by atoms with van der Waals surface area (Å²) >= 11 is 0. The Morgan fingerprint density at radius 1 is 1.00 bits per heavy atom. The molecule has 0 atom stereocenters. The fourth-order valence-corrected chi connectivity index (χ4v) is 1.89. The Labute approximate surface area is 106 Å². The third-order valence-electron chi connectivity index (χ3n) is 2.80. The topological polar surface area (TPSA) is 26.3 Å². The van der Waals surface area contributed by atoms with Crippen LogP contribution in [0.15, 0.2) is 11.6 Å². The van der Waals surface area contributed by atoms with Gasteiger partial charge >= 0.3 is 5.97 Å². The minimum absolute atomic E-state index is 0.0666. The van der Waals surface area contributed by atoms with Crippen LogP contribution in [-0.2, 0) is 9.53 Å². The van der Waals surface area contributed by atoms with Crippen molar-refractivity contribution in [2.45, 2.75) is 72.1 Å². The predicted molar refractivity (Wildman–Crippen MR) is 73.0 cm³/mol. The van der Waals surface area contributed by atoms with Gasteiger partial charge in [0, 0.05) is 6.42 Å². The number of unbranched alkanes of at least 4 members (excludes halogenated alkanes) is 3. The molecule has 0 aliphatic heterocycles.